The van der Waals surface area contributed by atoms with Crippen LogP contribution < -0.4 is 5.32 Å². The van der Waals surface area contributed by atoms with Crippen LogP contribution in [0, 0.1) is 5.92 Å². The number of piperidine rings is 1. The lowest BCUT2D eigenvalue weighted by molar-refractivity contribution is 0.102. The van der Waals surface area contributed by atoms with Crippen molar-refractivity contribution >= 4 is 0 Å². The molecule has 1 rings (SSSR count). The lowest BCUT2D eigenvalue weighted by Gasteiger charge is -2.40. The zero-order chi connectivity index (χ0) is 13.5. The van der Waals surface area contributed by atoms with Crippen molar-refractivity contribution in [1.82, 2.24) is 15.1 Å². The zero-order valence-corrected chi connectivity index (χ0v) is 13.1. The maximum Gasteiger partial charge on any atom is 0.0226 e. The first-order valence-corrected chi connectivity index (χ1v) is 7.65. The molecule has 0 aromatic rings. The summed E-state index contributed by atoms with van der Waals surface area (Å²) in [4.78, 5) is 5.06. The second kappa shape index (κ2) is 8.13. The lowest BCUT2D eigenvalue weighted by Crippen LogP contribution is -2.52. The molecule has 1 aliphatic heterocycles. The van der Waals surface area contributed by atoms with E-state index in [0.717, 1.165) is 18.5 Å². The Kier molecular flexibility index (Phi) is 7.20. The Labute approximate surface area is 114 Å². The van der Waals surface area contributed by atoms with Gasteiger partial charge in [-0.3, -0.25) is 4.90 Å². The summed E-state index contributed by atoms with van der Waals surface area (Å²) in [7, 11) is 4.39. The Hall–Kier alpha value is -0.120. The summed E-state index contributed by atoms with van der Waals surface area (Å²) in [5, 5.41) is 3.62. The van der Waals surface area contributed by atoms with Crippen molar-refractivity contribution in [3.8, 4) is 0 Å². The number of likely N-dealkylation sites (N-methyl/N-ethyl adjacent to an activating group) is 2. The van der Waals surface area contributed by atoms with Gasteiger partial charge in [-0.25, -0.2) is 0 Å². The highest BCUT2D eigenvalue weighted by Crippen LogP contribution is 2.18. The summed E-state index contributed by atoms with van der Waals surface area (Å²) >= 11 is 0. The first-order valence-electron chi connectivity index (χ1n) is 7.65. The Morgan fingerprint density at radius 1 is 1.33 bits per heavy atom. The van der Waals surface area contributed by atoms with Crippen LogP contribution in [0.5, 0.6) is 0 Å². The predicted molar refractivity (Wildman–Crippen MR) is 80.1 cm³/mol. The maximum atomic E-state index is 3.62. The molecular formula is C15H33N3. The smallest absolute Gasteiger partial charge is 0.0226 e. The molecule has 0 aromatic heterocycles. The Morgan fingerprint density at radius 2 is 2.06 bits per heavy atom. The van der Waals surface area contributed by atoms with Crippen LogP contribution in [0.1, 0.15) is 40.0 Å². The molecule has 0 radical (unpaired) electrons. The van der Waals surface area contributed by atoms with Crippen LogP contribution in [0.25, 0.3) is 0 Å². The van der Waals surface area contributed by atoms with Gasteiger partial charge in [0.25, 0.3) is 0 Å². The van der Waals surface area contributed by atoms with Crippen LogP contribution in [-0.4, -0.2) is 62.2 Å². The van der Waals surface area contributed by atoms with E-state index in [9.17, 15) is 0 Å². The SMILES string of the molecule is CCNC1CCCN(C(CC(C)C)CN(C)C)C1. The molecular weight excluding hydrogens is 222 g/mol. The summed E-state index contributed by atoms with van der Waals surface area (Å²) in [5.41, 5.74) is 0. The second-order valence-corrected chi connectivity index (χ2v) is 6.44. The van der Waals surface area contributed by atoms with Gasteiger partial charge in [0, 0.05) is 25.2 Å². The van der Waals surface area contributed by atoms with Crippen LogP contribution >= 0.6 is 0 Å². The number of nitrogens with zero attached hydrogens (tertiary/aromatic N) is 2. The van der Waals surface area contributed by atoms with E-state index in [0.29, 0.717) is 6.04 Å². The van der Waals surface area contributed by atoms with Gasteiger partial charge < -0.3 is 10.2 Å². The van der Waals surface area contributed by atoms with Crippen molar-refractivity contribution in [3.05, 3.63) is 0 Å². The molecule has 1 heterocycles. The van der Waals surface area contributed by atoms with E-state index < -0.39 is 0 Å². The van der Waals surface area contributed by atoms with Crippen molar-refractivity contribution in [2.24, 2.45) is 5.92 Å². The number of likely N-dealkylation sites (tertiary alicyclic amines) is 1. The van der Waals surface area contributed by atoms with Crippen molar-refractivity contribution in [2.45, 2.75) is 52.1 Å². The molecule has 0 amide bonds. The highest BCUT2D eigenvalue weighted by atomic mass is 15.2. The van der Waals surface area contributed by atoms with Gasteiger partial charge in [-0.05, 0) is 52.4 Å². The van der Waals surface area contributed by atoms with Crippen LogP contribution in [0.15, 0.2) is 0 Å². The number of hydrogen-bond donors (Lipinski definition) is 1. The number of hydrogen-bond acceptors (Lipinski definition) is 3. The van der Waals surface area contributed by atoms with E-state index >= 15 is 0 Å². The Morgan fingerprint density at radius 3 is 2.61 bits per heavy atom. The maximum absolute atomic E-state index is 3.62. The quantitative estimate of drug-likeness (QED) is 0.751. The molecule has 0 aliphatic carbocycles. The fraction of sp³-hybridized carbons (Fsp3) is 1.00. The molecule has 2 unspecified atom stereocenters. The van der Waals surface area contributed by atoms with Gasteiger partial charge in [0.05, 0.1) is 0 Å². The first kappa shape index (κ1) is 15.9. The van der Waals surface area contributed by atoms with Gasteiger partial charge in [0.1, 0.15) is 0 Å². The van der Waals surface area contributed by atoms with Gasteiger partial charge in [-0.2, -0.15) is 0 Å². The molecule has 1 N–H and O–H groups in total. The molecule has 108 valence electrons. The Balaban J connectivity index is 2.54. The van der Waals surface area contributed by atoms with Crippen LogP contribution in [0.4, 0.5) is 0 Å². The average molecular weight is 255 g/mol. The second-order valence-electron chi connectivity index (χ2n) is 6.44. The van der Waals surface area contributed by atoms with Crippen LogP contribution in [0.3, 0.4) is 0 Å². The summed E-state index contributed by atoms with van der Waals surface area (Å²) < 4.78 is 0. The molecule has 18 heavy (non-hydrogen) atoms. The fourth-order valence-corrected chi connectivity index (χ4v) is 3.10. The monoisotopic (exact) mass is 255 g/mol. The van der Waals surface area contributed by atoms with Crippen molar-refractivity contribution < 1.29 is 0 Å². The van der Waals surface area contributed by atoms with Crippen molar-refractivity contribution in [2.75, 3.05) is 40.3 Å². The normalized spacial score (nSPS) is 23.8. The molecule has 1 fully saturated rings. The molecule has 1 saturated heterocycles. The summed E-state index contributed by atoms with van der Waals surface area (Å²) in [6, 6.07) is 1.43. The zero-order valence-electron chi connectivity index (χ0n) is 13.1. The number of nitrogens with one attached hydrogen (secondary N) is 1. The highest BCUT2D eigenvalue weighted by Gasteiger charge is 2.26. The van der Waals surface area contributed by atoms with E-state index in [1.54, 1.807) is 0 Å². The van der Waals surface area contributed by atoms with Gasteiger partial charge in [-0.15, -0.1) is 0 Å². The van der Waals surface area contributed by atoms with Gasteiger partial charge in [0.2, 0.25) is 0 Å². The third-order valence-electron chi connectivity index (χ3n) is 3.78. The third kappa shape index (κ3) is 5.68. The van der Waals surface area contributed by atoms with Gasteiger partial charge in [0.15, 0.2) is 0 Å². The minimum absolute atomic E-state index is 0.709. The summed E-state index contributed by atoms with van der Waals surface area (Å²) in [6.45, 7) is 11.7. The van der Waals surface area contributed by atoms with Crippen LogP contribution in [-0.2, 0) is 0 Å². The summed E-state index contributed by atoms with van der Waals surface area (Å²) in [5.74, 6) is 0.787. The molecule has 0 spiro atoms. The molecule has 0 aromatic carbocycles. The number of rotatable bonds is 7. The van der Waals surface area contributed by atoms with Crippen LogP contribution in [0.2, 0.25) is 0 Å². The van der Waals surface area contributed by atoms with E-state index in [1.807, 2.05) is 0 Å². The Bertz CT molecular complexity index is 204. The molecule has 1 aliphatic rings. The fourth-order valence-electron chi connectivity index (χ4n) is 3.10. The molecule has 3 nitrogen and oxygen atoms in total. The van der Waals surface area contributed by atoms with E-state index in [2.05, 4.69) is 50.0 Å². The highest BCUT2D eigenvalue weighted by molar-refractivity contribution is 4.84. The average Bonchev–Trinajstić information content (AvgIpc) is 2.28. The largest absolute Gasteiger partial charge is 0.313 e. The van der Waals surface area contributed by atoms with Crippen molar-refractivity contribution in [3.63, 3.8) is 0 Å². The molecule has 0 bridgehead atoms. The minimum Gasteiger partial charge on any atom is -0.313 e. The van der Waals surface area contributed by atoms with E-state index in [-0.39, 0.29) is 0 Å². The third-order valence-corrected chi connectivity index (χ3v) is 3.78. The molecule has 2 atom stereocenters. The standard InChI is InChI=1S/C15H33N3/c1-6-16-14-8-7-9-18(11-14)15(10-13(2)3)12-17(4)5/h13-16H,6-12H2,1-5H3. The van der Waals surface area contributed by atoms with E-state index in [1.165, 1.54) is 38.9 Å². The van der Waals surface area contributed by atoms with Crippen molar-refractivity contribution in [1.29, 1.82) is 0 Å². The lowest BCUT2D eigenvalue weighted by atomic mass is 9.97. The minimum atomic E-state index is 0.709. The summed E-state index contributed by atoms with van der Waals surface area (Å²) in [6.07, 6.45) is 4.01. The topological polar surface area (TPSA) is 18.5 Å². The van der Waals surface area contributed by atoms with Gasteiger partial charge in [-0.1, -0.05) is 20.8 Å². The predicted octanol–water partition coefficient (Wildman–Crippen LogP) is 2.04. The van der Waals surface area contributed by atoms with Gasteiger partial charge >= 0.3 is 0 Å². The van der Waals surface area contributed by atoms with E-state index in [4.69, 9.17) is 0 Å². The molecule has 0 saturated carbocycles. The first-order chi connectivity index (χ1) is 8.52. The molecule has 3 heteroatoms.